The second-order valence-electron chi connectivity index (χ2n) is 6.42. The van der Waals surface area contributed by atoms with Gasteiger partial charge in [0.25, 0.3) is 5.91 Å². The Kier molecular flexibility index (Phi) is 6.01. The third-order valence-corrected chi connectivity index (χ3v) is 4.11. The van der Waals surface area contributed by atoms with Gasteiger partial charge >= 0.3 is 0 Å². The zero-order valence-corrected chi connectivity index (χ0v) is 15.8. The van der Waals surface area contributed by atoms with Crippen molar-refractivity contribution in [2.24, 2.45) is 0 Å². The molecule has 142 valence electrons. The number of anilines is 3. The van der Waals surface area contributed by atoms with Crippen LogP contribution in [0.25, 0.3) is 0 Å². The number of hydrogen-bond donors (Lipinski definition) is 3. The summed E-state index contributed by atoms with van der Waals surface area (Å²) in [7, 11) is 0. The number of benzene rings is 2. The summed E-state index contributed by atoms with van der Waals surface area (Å²) in [5, 5.41) is 8.89. The summed E-state index contributed by atoms with van der Waals surface area (Å²) in [6.45, 7) is 3.40. The maximum Gasteiger partial charge on any atom is 0.270 e. The summed E-state index contributed by atoms with van der Waals surface area (Å²) in [5.41, 5.74) is 3.64. The fourth-order valence-electron chi connectivity index (χ4n) is 2.74. The van der Waals surface area contributed by atoms with Gasteiger partial charge < -0.3 is 16.0 Å². The summed E-state index contributed by atoms with van der Waals surface area (Å²) in [5.74, 6) is -0.352. The Bertz CT molecular complexity index is 956. The van der Waals surface area contributed by atoms with Crippen LogP contribution >= 0.6 is 0 Å². The second kappa shape index (κ2) is 8.81. The highest BCUT2D eigenvalue weighted by atomic mass is 16.2. The second-order valence-corrected chi connectivity index (χ2v) is 6.42. The van der Waals surface area contributed by atoms with Crippen molar-refractivity contribution in [3.05, 3.63) is 84.2 Å². The lowest BCUT2D eigenvalue weighted by molar-refractivity contribution is -0.114. The lowest BCUT2D eigenvalue weighted by Gasteiger charge is -2.14. The fraction of sp³-hybridized carbons (Fsp3) is 0.136. The molecule has 0 aliphatic carbocycles. The van der Waals surface area contributed by atoms with E-state index in [1.165, 1.54) is 6.92 Å². The van der Waals surface area contributed by atoms with Gasteiger partial charge in [-0.2, -0.15) is 0 Å². The molecular formula is C22H22N4O2. The van der Waals surface area contributed by atoms with Crippen LogP contribution in [0, 0.1) is 0 Å². The first-order valence-electron chi connectivity index (χ1n) is 8.98. The SMILES string of the molecule is CC(=O)Nc1cccc(Nc2ccc(C(=O)NC(C)c3ccccc3)nc2)c1. The molecule has 0 bridgehead atoms. The molecule has 3 aromatic rings. The number of carbonyl (C=O) groups is 2. The van der Waals surface area contributed by atoms with Crippen LogP contribution in [0.3, 0.4) is 0 Å². The number of hydrogen-bond acceptors (Lipinski definition) is 4. The van der Waals surface area contributed by atoms with E-state index in [1.807, 2.05) is 61.5 Å². The number of nitrogens with one attached hydrogen (secondary N) is 3. The lowest BCUT2D eigenvalue weighted by atomic mass is 10.1. The van der Waals surface area contributed by atoms with Crippen molar-refractivity contribution in [1.82, 2.24) is 10.3 Å². The Morgan fingerprint density at radius 1 is 0.893 bits per heavy atom. The maximum absolute atomic E-state index is 12.4. The first-order chi connectivity index (χ1) is 13.5. The molecule has 1 atom stereocenters. The van der Waals surface area contributed by atoms with Gasteiger partial charge in [0, 0.05) is 18.3 Å². The summed E-state index contributed by atoms with van der Waals surface area (Å²) in [4.78, 5) is 27.8. The quantitative estimate of drug-likeness (QED) is 0.601. The minimum absolute atomic E-state index is 0.107. The van der Waals surface area contributed by atoms with Gasteiger partial charge in [-0.3, -0.25) is 9.59 Å². The largest absolute Gasteiger partial charge is 0.354 e. The Labute approximate surface area is 164 Å². The molecule has 1 aromatic heterocycles. The molecule has 1 heterocycles. The number of carbonyl (C=O) groups excluding carboxylic acids is 2. The van der Waals surface area contributed by atoms with Crippen molar-refractivity contribution < 1.29 is 9.59 Å². The van der Waals surface area contributed by atoms with E-state index < -0.39 is 0 Å². The molecule has 0 fully saturated rings. The number of rotatable bonds is 6. The van der Waals surface area contributed by atoms with Gasteiger partial charge in [0.05, 0.1) is 17.9 Å². The topological polar surface area (TPSA) is 83.1 Å². The molecule has 0 saturated heterocycles. The molecular weight excluding hydrogens is 352 g/mol. The first kappa shape index (κ1) is 19.1. The maximum atomic E-state index is 12.4. The van der Waals surface area contributed by atoms with Gasteiger partial charge in [-0.05, 0) is 42.8 Å². The monoisotopic (exact) mass is 374 g/mol. The highest BCUT2D eigenvalue weighted by Gasteiger charge is 2.12. The summed E-state index contributed by atoms with van der Waals surface area (Å²) in [6, 6.07) is 20.5. The van der Waals surface area contributed by atoms with E-state index in [0.29, 0.717) is 11.4 Å². The number of pyridine rings is 1. The van der Waals surface area contributed by atoms with Crippen LogP contribution in [0.2, 0.25) is 0 Å². The van der Waals surface area contributed by atoms with Crippen LogP contribution in [0.15, 0.2) is 72.9 Å². The van der Waals surface area contributed by atoms with E-state index in [9.17, 15) is 9.59 Å². The molecule has 28 heavy (non-hydrogen) atoms. The van der Waals surface area contributed by atoms with Gasteiger partial charge in [0.15, 0.2) is 0 Å². The molecule has 0 spiro atoms. The van der Waals surface area contributed by atoms with Gasteiger partial charge in [-0.25, -0.2) is 4.98 Å². The molecule has 0 radical (unpaired) electrons. The fourth-order valence-corrected chi connectivity index (χ4v) is 2.74. The summed E-state index contributed by atoms with van der Waals surface area (Å²) >= 11 is 0. The highest BCUT2D eigenvalue weighted by molar-refractivity contribution is 5.93. The van der Waals surface area contributed by atoms with Crippen molar-refractivity contribution in [1.29, 1.82) is 0 Å². The lowest BCUT2D eigenvalue weighted by Crippen LogP contribution is -2.27. The zero-order chi connectivity index (χ0) is 19.9. The van der Waals surface area contributed by atoms with Crippen LogP contribution in [0.5, 0.6) is 0 Å². The smallest absolute Gasteiger partial charge is 0.270 e. The molecule has 0 aliphatic rings. The molecule has 3 rings (SSSR count). The molecule has 3 N–H and O–H groups in total. The van der Waals surface area contributed by atoms with Crippen LogP contribution < -0.4 is 16.0 Å². The minimum atomic E-state index is -0.226. The highest BCUT2D eigenvalue weighted by Crippen LogP contribution is 2.20. The van der Waals surface area contributed by atoms with E-state index in [2.05, 4.69) is 20.9 Å². The van der Waals surface area contributed by atoms with E-state index in [0.717, 1.165) is 16.9 Å². The number of amides is 2. The molecule has 0 saturated carbocycles. The summed E-state index contributed by atoms with van der Waals surface area (Å²) < 4.78 is 0. The van der Waals surface area contributed by atoms with Gasteiger partial charge in [-0.15, -0.1) is 0 Å². The van der Waals surface area contributed by atoms with E-state index in [1.54, 1.807) is 18.3 Å². The Balaban J connectivity index is 1.63. The average Bonchev–Trinajstić information content (AvgIpc) is 2.69. The van der Waals surface area contributed by atoms with Crippen LogP contribution in [-0.2, 0) is 4.79 Å². The standard InChI is InChI=1S/C22H22N4O2/c1-15(17-7-4-3-5-8-17)24-22(28)21-12-11-20(14-23-21)26-19-10-6-9-18(13-19)25-16(2)27/h3-15,26H,1-2H3,(H,24,28)(H,25,27). The Morgan fingerprint density at radius 3 is 2.32 bits per heavy atom. The summed E-state index contributed by atoms with van der Waals surface area (Å²) in [6.07, 6.45) is 1.60. The van der Waals surface area contributed by atoms with Crippen LogP contribution in [-0.4, -0.2) is 16.8 Å². The Hall–Kier alpha value is -3.67. The van der Waals surface area contributed by atoms with Crippen molar-refractivity contribution in [2.75, 3.05) is 10.6 Å². The number of nitrogens with zero attached hydrogens (tertiary/aromatic N) is 1. The zero-order valence-electron chi connectivity index (χ0n) is 15.8. The van der Waals surface area contributed by atoms with Gasteiger partial charge in [0.1, 0.15) is 5.69 Å². The molecule has 1 unspecified atom stereocenters. The van der Waals surface area contributed by atoms with Crippen LogP contribution in [0.4, 0.5) is 17.1 Å². The predicted octanol–water partition coefficient (Wildman–Crippen LogP) is 4.27. The number of aromatic nitrogens is 1. The van der Waals surface area contributed by atoms with Gasteiger partial charge in [-0.1, -0.05) is 36.4 Å². The van der Waals surface area contributed by atoms with E-state index in [-0.39, 0.29) is 17.9 Å². The van der Waals surface area contributed by atoms with E-state index in [4.69, 9.17) is 0 Å². The van der Waals surface area contributed by atoms with Gasteiger partial charge in [0.2, 0.25) is 5.91 Å². The van der Waals surface area contributed by atoms with Crippen molar-refractivity contribution in [2.45, 2.75) is 19.9 Å². The van der Waals surface area contributed by atoms with Crippen molar-refractivity contribution >= 4 is 28.9 Å². The average molecular weight is 374 g/mol. The van der Waals surface area contributed by atoms with Crippen LogP contribution in [0.1, 0.15) is 35.9 Å². The third-order valence-electron chi connectivity index (χ3n) is 4.11. The minimum Gasteiger partial charge on any atom is -0.354 e. The van der Waals surface area contributed by atoms with Crippen molar-refractivity contribution in [3.63, 3.8) is 0 Å². The Morgan fingerprint density at radius 2 is 1.64 bits per heavy atom. The molecule has 6 nitrogen and oxygen atoms in total. The molecule has 2 aromatic carbocycles. The molecule has 2 amide bonds. The third kappa shape index (κ3) is 5.17. The van der Waals surface area contributed by atoms with E-state index >= 15 is 0 Å². The van der Waals surface area contributed by atoms with Crippen molar-refractivity contribution in [3.8, 4) is 0 Å². The normalized spacial score (nSPS) is 11.4. The predicted molar refractivity (Wildman–Crippen MR) is 111 cm³/mol. The first-order valence-corrected chi connectivity index (χ1v) is 8.98. The molecule has 6 heteroatoms. The molecule has 0 aliphatic heterocycles.